The molecule has 1 aromatic heterocycles. The first-order chi connectivity index (χ1) is 17.8. The van der Waals surface area contributed by atoms with Crippen LogP contribution in [0.3, 0.4) is 0 Å². The average molecular weight is 528 g/mol. The predicted molar refractivity (Wildman–Crippen MR) is 138 cm³/mol. The van der Waals surface area contributed by atoms with Crippen LogP contribution in [0.5, 0.6) is 5.75 Å². The van der Waals surface area contributed by atoms with Gasteiger partial charge >= 0.3 is 0 Å². The highest BCUT2D eigenvalue weighted by Gasteiger charge is 2.35. The average Bonchev–Trinajstić information content (AvgIpc) is 3.29. The van der Waals surface area contributed by atoms with Crippen molar-refractivity contribution in [3.05, 3.63) is 76.9 Å². The Morgan fingerprint density at radius 3 is 2.54 bits per heavy atom. The number of halogens is 1. The zero-order valence-electron chi connectivity index (χ0n) is 20.8. The lowest BCUT2D eigenvalue weighted by atomic mass is 9.97. The summed E-state index contributed by atoms with van der Waals surface area (Å²) >= 11 is 0. The minimum atomic E-state index is -3.92. The zero-order chi connectivity index (χ0) is 26.4. The van der Waals surface area contributed by atoms with Crippen LogP contribution in [-0.4, -0.2) is 43.5 Å². The summed E-state index contributed by atoms with van der Waals surface area (Å²) in [4.78, 5) is 12.7. The molecule has 0 saturated carbocycles. The number of benzene rings is 2. The van der Waals surface area contributed by atoms with E-state index >= 15 is 0 Å². The number of nitrogens with zero attached hydrogens (tertiary/aromatic N) is 2. The van der Waals surface area contributed by atoms with Gasteiger partial charge in [-0.25, -0.2) is 12.8 Å². The molecule has 196 valence electrons. The predicted octanol–water partition coefficient (Wildman–Crippen LogP) is 4.41. The van der Waals surface area contributed by atoms with Crippen LogP contribution in [0.25, 0.3) is 12.2 Å². The highest BCUT2D eigenvalue weighted by atomic mass is 32.2. The summed E-state index contributed by atoms with van der Waals surface area (Å²) in [5.74, 6) is 0.0112. The summed E-state index contributed by atoms with van der Waals surface area (Å²) in [7, 11) is -3.92. The molecule has 0 atom stereocenters. The molecule has 0 radical (unpaired) electrons. The molecule has 1 N–H and O–H groups in total. The lowest BCUT2D eigenvalue weighted by Crippen LogP contribution is -2.43. The summed E-state index contributed by atoms with van der Waals surface area (Å²) in [6.07, 6.45) is 3.67. The van der Waals surface area contributed by atoms with Crippen molar-refractivity contribution in [3.63, 3.8) is 0 Å². The normalized spacial score (nSPS) is 15.2. The van der Waals surface area contributed by atoms with Crippen LogP contribution >= 0.6 is 0 Å². The lowest BCUT2D eigenvalue weighted by molar-refractivity contribution is -0.126. The van der Waals surface area contributed by atoms with Crippen molar-refractivity contribution in [1.82, 2.24) is 14.8 Å². The molecule has 1 aliphatic heterocycles. The maximum Gasteiger partial charge on any atom is 0.248 e. The second-order valence-electron chi connectivity index (χ2n) is 8.79. The van der Waals surface area contributed by atoms with Crippen molar-refractivity contribution in [2.75, 3.05) is 19.7 Å². The van der Waals surface area contributed by atoms with Gasteiger partial charge in [0.15, 0.2) is 10.7 Å². The number of carbonyl (C=O) groups is 1. The molecular weight excluding hydrogens is 497 g/mol. The van der Waals surface area contributed by atoms with Crippen LogP contribution < -0.4 is 10.1 Å². The minimum absolute atomic E-state index is 0.0379. The van der Waals surface area contributed by atoms with E-state index in [4.69, 9.17) is 9.26 Å². The molecule has 10 heteroatoms. The van der Waals surface area contributed by atoms with Crippen molar-refractivity contribution in [2.45, 2.75) is 38.1 Å². The van der Waals surface area contributed by atoms with E-state index in [9.17, 15) is 17.6 Å². The molecule has 1 aliphatic rings. The maximum absolute atomic E-state index is 14.0. The third-order valence-electron chi connectivity index (χ3n) is 6.28. The fourth-order valence-corrected chi connectivity index (χ4v) is 5.99. The molecule has 3 aromatic rings. The van der Waals surface area contributed by atoms with Gasteiger partial charge in [-0.2, -0.15) is 4.31 Å². The molecule has 1 saturated heterocycles. The molecule has 1 amide bonds. The summed E-state index contributed by atoms with van der Waals surface area (Å²) in [6, 6.07) is 13.7. The minimum Gasteiger partial charge on any atom is -0.494 e. The third-order valence-corrected chi connectivity index (χ3v) is 8.33. The first kappa shape index (κ1) is 26.6. The maximum atomic E-state index is 14.0. The van der Waals surface area contributed by atoms with Gasteiger partial charge in [0, 0.05) is 31.1 Å². The Labute approximate surface area is 216 Å². The fraction of sp³-hybridized carbons (Fsp3) is 0.333. The number of hydrogen-bond acceptors (Lipinski definition) is 6. The van der Waals surface area contributed by atoms with Gasteiger partial charge in [0.25, 0.3) is 0 Å². The zero-order valence-corrected chi connectivity index (χ0v) is 21.6. The Hall–Kier alpha value is -3.50. The number of rotatable bonds is 9. The van der Waals surface area contributed by atoms with E-state index in [1.165, 1.54) is 22.5 Å². The first-order valence-corrected chi connectivity index (χ1v) is 13.6. The van der Waals surface area contributed by atoms with Crippen molar-refractivity contribution >= 4 is 28.1 Å². The van der Waals surface area contributed by atoms with Crippen LogP contribution in [-0.2, 0) is 21.4 Å². The number of hydrogen-bond donors (Lipinski definition) is 1. The molecule has 0 unspecified atom stereocenters. The van der Waals surface area contributed by atoms with Gasteiger partial charge in [0.05, 0.1) is 6.61 Å². The molecule has 2 aromatic carbocycles. The number of aryl methyl sites for hydroxylation is 1. The number of aromatic nitrogens is 1. The van der Waals surface area contributed by atoms with E-state index in [-0.39, 0.29) is 41.3 Å². The van der Waals surface area contributed by atoms with Gasteiger partial charge in [-0.05, 0) is 62.6 Å². The molecule has 1 fully saturated rings. The Bertz CT molecular complexity index is 1360. The molecule has 8 nitrogen and oxygen atoms in total. The Morgan fingerprint density at radius 2 is 1.86 bits per heavy atom. The molecular formula is C27H30FN3O5S. The van der Waals surface area contributed by atoms with E-state index in [0.29, 0.717) is 31.6 Å². The monoisotopic (exact) mass is 527 g/mol. The van der Waals surface area contributed by atoms with Crippen molar-refractivity contribution < 1.29 is 26.9 Å². The van der Waals surface area contributed by atoms with Gasteiger partial charge in [0.1, 0.15) is 17.3 Å². The number of carbonyl (C=O) groups excluding carboxylic acids is 1. The van der Waals surface area contributed by atoms with E-state index in [1.807, 2.05) is 31.2 Å². The van der Waals surface area contributed by atoms with Gasteiger partial charge in [-0.3, -0.25) is 4.79 Å². The molecule has 0 bridgehead atoms. The second kappa shape index (κ2) is 11.7. The standard InChI is InChI=1S/C27H30FN3O5S/c1-3-35-23-11-8-20(9-12-23)18-29-27(32)22-14-16-31(17-15-22)37(33,34)26-19(2)30-36-25(26)13-10-21-6-4-5-7-24(21)28/h4-13,22H,3,14-18H2,1-2H3,(H,29,32)/b13-10+. The second-order valence-corrected chi connectivity index (χ2v) is 10.7. The molecule has 37 heavy (non-hydrogen) atoms. The SMILES string of the molecule is CCOc1ccc(CNC(=O)C2CCN(S(=O)(=O)c3c(C)noc3/C=C/c3ccccc3F)CC2)cc1. The first-order valence-electron chi connectivity index (χ1n) is 12.2. The number of sulfonamides is 1. The van der Waals surface area contributed by atoms with Crippen LogP contribution in [0.4, 0.5) is 4.39 Å². The van der Waals surface area contributed by atoms with Gasteiger partial charge in [-0.1, -0.05) is 35.5 Å². The summed E-state index contributed by atoms with van der Waals surface area (Å²) in [6.45, 7) is 4.85. The van der Waals surface area contributed by atoms with Gasteiger partial charge in [0.2, 0.25) is 15.9 Å². The van der Waals surface area contributed by atoms with Crippen LogP contribution in [0.2, 0.25) is 0 Å². The quantitative estimate of drug-likeness (QED) is 0.442. The largest absolute Gasteiger partial charge is 0.494 e. The van der Waals surface area contributed by atoms with Crippen LogP contribution in [0, 0.1) is 18.7 Å². The third kappa shape index (κ3) is 6.26. The van der Waals surface area contributed by atoms with E-state index < -0.39 is 15.8 Å². The van der Waals surface area contributed by atoms with E-state index in [1.54, 1.807) is 25.1 Å². The highest BCUT2D eigenvalue weighted by molar-refractivity contribution is 7.89. The highest BCUT2D eigenvalue weighted by Crippen LogP contribution is 2.29. The van der Waals surface area contributed by atoms with Crippen molar-refractivity contribution in [2.24, 2.45) is 5.92 Å². The number of amides is 1. The lowest BCUT2D eigenvalue weighted by Gasteiger charge is -2.30. The van der Waals surface area contributed by atoms with Gasteiger partial charge < -0.3 is 14.6 Å². The Morgan fingerprint density at radius 1 is 1.16 bits per heavy atom. The van der Waals surface area contributed by atoms with E-state index in [2.05, 4.69) is 10.5 Å². The number of nitrogens with one attached hydrogen (secondary N) is 1. The summed E-state index contributed by atoms with van der Waals surface area (Å²) in [5.41, 5.74) is 1.48. The van der Waals surface area contributed by atoms with Crippen LogP contribution in [0.1, 0.15) is 42.3 Å². The van der Waals surface area contributed by atoms with Crippen molar-refractivity contribution in [3.8, 4) is 5.75 Å². The number of piperidine rings is 1. The summed E-state index contributed by atoms with van der Waals surface area (Å²) in [5, 5.41) is 6.77. The Balaban J connectivity index is 1.37. The topological polar surface area (TPSA) is 102 Å². The number of ether oxygens (including phenoxy) is 1. The Kier molecular flexibility index (Phi) is 8.40. The summed E-state index contributed by atoms with van der Waals surface area (Å²) < 4.78 is 52.9. The van der Waals surface area contributed by atoms with E-state index in [0.717, 1.165) is 11.3 Å². The fourth-order valence-electron chi connectivity index (χ4n) is 4.27. The van der Waals surface area contributed by atoms with Crippen LogP contribution in [0.15, 0.2) is 57.9 Å². The van der Waals surface area contributed by atoms with Crippen molar-refractivity contribution in [1.29, 1.82) is 0 Å². The smallest absolute Gasteiger partial charge is 0.248 e. The van der Waals surface area contributed by atoms with Gasteiger partial charge in [-0.15, -0.1) is 0 Å². The molecule has 0 aliphatic carbocycles. The molecule has 0 spiro atoms. The molecule has 4 rings (SSSR count). The molecule has 2 heterocycles.